The van der Waals surface area contributed by atoms with Crippen molar-refractivity contribution in [2.24, 2.45) is 5.73 Å². The lowest BCUT2D eigenvalue weighted by molar-refractivity contribution is -0.113. The fourth-order valence-electron chi connectivity index (χ4n) is 2.80. The molecular weight excluding hydrogens is 344 g/mol. The number of nitrogens with two attached hydrogens (primary N) is 1. The molecule has 2 aromatic heterocycles. The molecule has 0 aliphatic heterocycles. The van der Waals surface area contributed by atoms with E-state index in [0.29, 0.717) is 15.7 Å². The Balaban J connectivity index is 1.68. The average molecular weight is 362 g/mol. The number of hydrogen-bond donors (Lipinski definition) is 2. The van der Waals surface area contributed by atoms with Crippen molar-refractivity contribution in [3.05, 3.63) is 33.5 Å². The fraction of sp³-hybridized carbons (Fsp3) is 0.375. The van der Waals surface area contributed by atoms with Gasteiger partial charge in [-0.05, 0) is 44.7 Å². The Kier molecular flexibility index (Phi) is 4.86. The van der Waals surface area contributed by atoms with Crippen LogP contribution in [0.4, 0.5) is 5.00 Å². The van der Waals surface area contributed by atoms with Crippen molar-refractivity contribution in [1.82, 2.24) is 9.97 Å². The van der Waals surface area contributed by atoms with Gasteiger partial charge < -0.3 is 11.1 Å². The highest BCUT2D eigenvalue weighted by molar-refractivity contribution is 7.99. The molecule has 1 aliphatic rings. The third-order valence-corrected chi connectivity index (χ3v) is 5.77. The van der Waals surface area contributed by atoms with E-state index in [1.165, 1.54) is 23.1 Å². The molecule has 0 atom stereocenters. The first kappa shape index (κ1) is 16.9. The van der Waals surface area contributed by atoms with Crippen molar-refractivity contribution in [3.8, 4) is 0 Å². The Hall–Kier alpha value is -1.93. The minimum atomic E-state index is -0.477. The summed E-state index contributed by atoms with van der Waals surface area (Å²) in [6.07, 6.45) is 2.84. The quantitative estimate of drug-likeness (QED) is 0.629. The van der Waals surface area contributed by atoms with Gasteiger partial charge in [0.1, 0.15) is 5.00 Å². The van der Waals surface area contributed by atoms with Crippen LogP contribution in [0, 0.1) is 13.8 Å². The molecule has 0 fully saturated rings. The molecule has 0 aromatic carbocycles. The number of nitrogens with one attached hydrogen (secondary N) is 1. The number of hydrogen-bond acceptors (Lipinski definition) is 6. The van der Waals surface area contributed by atoms with Crippen molar-refractivity contribution < 1.29 is 9.59 Å². The molecule has 0 spiro atoms. The van der Waals surface area contributed by atoms with Crippen molar-refractivity contribution in [3.63, 3.8) is 0 Å². The van der Waals surface area contributed by atoms with Crippen LogP contribution in [0.1, 0.15) is 38.6 Å². The molecule has 126 valence electrons. The molecule has 8 heteroatoms. The number of carbonyl (C=O) groups is 2. The van der Waals surface area contributed by atoms with E-state index in [2.05, 4.69) is 15.3 Å². The van der Waals surface area contributed by atoms with Crippen molar-refractivity contribution >= 4 is 39.9 Å². The highest BCUT2D eigenvalue weighted by Gasteiger charge is 2.26. The van der Waals surface area contributed by atoms with Gasteiger partial charge in [0.15, 0.2) is 5.16 Å². The molecule has 24 heavy (non-hydrogen) atoms. The molecule has 0 bridgehead atoms. The molecule has 3 N–H and O–H groups in total. The van der Waals surface area contributed by atoms with Crippen LogP contribution in [-0.2, 0) is 17.6 Å². The lowest BCUT2D eigenvalue weighted by Crippen LogP contribution is -2.19. The molecule has 1 aliphatic carbocycles. The van der Waals surface area contributed by atoms with Crippen LogP contribution in [0.2, 0.25) is 0 Å². The van der Waals surface area contributed by atoms with Crippen LogP contribution in [0.25, 0.3) is 0 Å². The zero-order valence-corrected chi connectivity index (χ0v) is 15.1. The number of thiophene rings is 1. The van der Waals surface area contributed by atoms with Gasteiger partial charge in [-0.3, -0.25) is 9.59 Å². The summed E-state index contributed by atoms with van der Waals surface area (Å²) < 4.78 is 0. The van der Waals surface area contributed by atoms with Crippen LogP contribution in [-0.4, -0.2) is 27.5 Å². The Morgan fingerprint density at radius 3 is 2.67 bits per heavy atom. The van der Waals surface area contributed by atoms with Crippen LogP contribution < -0.4 is 11.1 Å². The molecule has 3 rings (SSSR count). The molecule has 2 aromatic rings. The summed E-state index contributed by atoms with van der Waals surface area (Å²) >= 11 is 2.73. The van der Waals surface area contributed by atoms with Crippen LogP contribution in [0.5, 0.6) is 0 Å². The van der Waals surface area contributed by atoms with E-state index in [1.54, 1.807) is 0 Å². The molecule has 0 radical (unpaired) electrons. The van der Waals surface area contributed by atoms with Crippen molar-refractivity contribution in [2.45, 2.75) is 38.3 Å². The van der Waals surface area contributed by atoms with Gasteiger partial charge in [0, 0.05) is 16.3 Å². The number of rotatable bonds is 5. The first-order chi connectivity index (χ1) is 11.4. The summed E-state index contributed by atoms with van der Waals surface area (Å²) in [6, 6.07) is 1.89. The van der Waals surface area contributed by atoms with Crippen LogP contribution in [0.15, 0.2) is 11.2 Å². The molecule has 0 saturated heterocycles. The van der Waals surface area contributed by atoms with E-state index in [4.69, 9.17) is 5.73 Å². The summed E-state index contributed by atoms with van der Waals surface area (Å²) in [7, 11) is 0. The Morgan fingerprint density at radius 2 is 2.00 bits per heavy atom. The van der Waals surface area contributed by atoms with Gasteiger partial charge in [-0.1, -0.05) is 11.8 Å². The van der Waals surface area contributed by atoms with E-state index < -0.39 is 5.91 Å². The van der Waals surface area contributed by atoms with Gasteiger partial charge >= 0.3 is 0 Å². The van der Waals surface area contributed by atoms with Crippen molar-refractivity contribution in [2.75, 3.05) is 11.1 Å². The smallest absolute Gasteiger partial charge is 0.251 e. The minimum absolute atomic E-state index is 0.184. The maximum atomic E-state index is 12.2. The molecule has 0 unspecified atom stereocenters. The average Bonchev–Trinajstić information content (AvgIpc) is 3.04. The highest BCUT2D eigenvalue weighted by Crippen LogP contribution is 2.38. The number of thioether (sulfide) groups is 1. The first-order valence-electron chi connectivity index (χ1n) is 7.63. The summed E-state index contributed by atoms with van der Waals surface area (Å²) in [5.74, 6) is -0.482. The normalized spacial score (nSPS) is 12.9. The first-order valence-corrected chi connectivity index (χ1v) is 9.43. The van der Waals surface area contributed by atoms with Crippen LogP contribution in [0.3, 0.4) is 0 Å². The summed E-state index contributed by atoms with van der Waals surface area (Å²) in [5, 5.41) is 3.97. The molecule has 6 nitrogen and oxygen atoms in total. The maximum absolute atomic E-state index is 12.2. The monoisotopic (exact) mass is 362 g/mol. The van der Waals surface area contributed by atoms with Crippen molar-refractivity contribution in [1.29, 1.82) is 0 Å². The fourth-order valence-corrected chi connectivity index (χ4v) is 4.86. The predicted molar refractivity (Wildman–Crippen MR) is 95.7 cm³/mol. The number of amides is 2. The second kappa shape index (κ2) is 6.90. The minimum Gasteiger partial charge on any atom is -0.365 e. The molecule has 2 heterocycles. The number of fused-ring (bicyclic) bond motifs is 1. The zero-order valence-electron chi connectivity index (χ0n) is 13.5. The number of anilines is 1. The van der Waals surface area contributed by atoms with E-state index >= 15 is 0 Å². The third-order valence-electron chi connectivity index (χ3n) is 3.71. The van der Waals surface area contributed by atoms with Gasteiger partial charge in [0.25, 0.3) is 5.91 Å². The van der Waals surface area contributed by atoms with Gasteiger partial charge in [0.05, 0.1) is 11.3 Å². The maximum Gasteiger partial charge on any atom is 0.251 e. The SMILES string of the molecule is Cc1cc(C)nc(SCC(=O)Nc2sc3c(c2C(N)=O)CCC3)n1. The van der Waals surface area contributed by atoms with Gasteiger partial charge in [0.2, 0.25) is 5.91 Å². The van der Waals surface area contributed by atoms with E-state index in [-0.39, 0.29) is 11.7 Å². The Bertz CT molecular complexity index is 796. The summed E-state index contributed by atoms with van der Waals surface area (Å²) in [6.45, 7) is 3.79. The zero-order chi connectivity index (χ0) is 17.3. The molecular formula is C16H18N4O2S2. The lowest BCUT2D eigenvalue weighted by Gasteiger charge is -2.06. The standard InChI is InChI=1S/C16H18N4O2S2/c1-8-6-9(2)19-16(18-8)23-7-12(21)20-15-13(14(17)22)10-4-3-5-11(10)24-15/h6H,3-5,7H2,1-2H3,(H2,17,22)(H,20,21). The Morgan fingerprint density at radius 1 is 1.29 bits per heavy atom. The van der Waals surface area contributed by atoms with Crippen LogP contribution >= 0.6 is 23.1 Å². The number of aryl methyl sites for hydroxylation is 3. The Labute approximate surface area is 148 Å². The molecule has 0 saturated carbocycles. The number of aromatic nitrogens is 2. The number of carbonyl (C=O) groups excluding carboxylic acids is 2. The number of primary amides is 1. The van der Waals surface area contributed by atoms with Gasteiger partial charge in [-0.2, -0.15) is 0 Å². The lowest BCUT2D eigenvalue weighted by atomic mass is 10.1. The predicted octanol–water partition coefficient (Wildman–Crippen LogP) is 2.47. The highest BCUT2D eigenvalue weighted by atomic mass is 32.2. The second-order valence-corrected chi connectivity index (χ2v) is 7.74. The van der Waals surface area contributed by atoms with E-state index in [0.717, 1.165) is 41.1 Å². The van der Waals surface area contributed by atoms with Gasteiger partial charge in [-0.25, -0.2) is 9.97 Å². The second-order valence-electron chi connectivity index (χ2n) is 5.70. The summed E-state index contributed by atoms with van der Waals surface area (Å²) in [4.78, 5) is 33.7. The van der Waals surface area contributed by atoms with E-state index in [1.807, 2.05) is 19.9 Å². The molecule has 2 amide bonds. The van der Waals surface area contributed by atoms with E-state index in [9.17, 15) is 9.59 Å². The number of nitrogens with zero attached hydrogens (tertiary/aromatic N) is 2. The summed E-state index contributed by atoms with van der Waals surface area (Å²) in [5.41, 5.74) is 8.73. The largest absolute Gasteiger partial charge is 0.365 e. The third kappa shape index (κ3) is 3.59. The van der Waals surface area contributed by atoms with Gasteiger partial charge in [-0.15, -0.1) is 11.3 Å². The topological polar surface area (TPSA) is 98.0 Å².